The fourth-order valence-corrected chi connectivity index (χ4v) is 1.72. The van der Waals surface area contributed by atoms with Gasteiger partial charge in [0, 0.05) is 25.4 Å². The Labute approximate surface area is 120 Å². The van der Waals surface area contributed by atoms with E-state index in [2.05, 4.69) is 10.6 Å². The lowest BCUT2D eigenvalue weighted by Crippen LogP contribution is -2.30. The van der Waals surface area contributed by atoms with E-state index in [1.165, 1.54) is 0 Å². The highest BCUT2D eigenvalue weighted by Gasteiger charge is 2.05. The highest BCUT2D eigenvalue weighted by Crippen LogP contribution is 2.21. The maximum Gasteiger partial charge on any atom is 0.319 e. The van der Waals surface area contributed by atoms with Gasteiger partial charge in [0.2, 0.25) is 0 Å². The first-order chi connectivity index (χ1) is 9.67. The van der Waals surface area contributed by atoms with Crippen LogP contribution in [-0.4, -0.2) is 32.4 Å². The molecule has 112 valence electrons. The summed E-state index contributed by atoms with van der Waals surface area (Å²) in [7, 11) is 0. The summed E-state index contributed by atoms with van der Waals surface area (Å²) in [6.45, 7) is 8.43. The van der Waals surface area contributed by atoms with Gasteiger partial charge >= 0.3 is 6.03 Å². The van der Waals surface area contributed by atoms with Crippen LogP contribution >= 0.6 is 0 Å². The van der Waals surface area contributed by atoms with Crippen molar-refractivity contribution in [3.8, 4) is 5.75 Å². The van der Waals surface area contributed by atoms with Crippen LogP contribution in [0.2, 0.25) is 0 Å². The van der Waals surface area contributed by atoms with E-state index in [0.717, 1.165) is 23.4 Å². The molecule has 0 aliphatic rings. The molecule has 1 rings (SSSR count). The van der Waals surface area contributed by atoms with E-state index in [1.54, 1.807) is 0 Å². The minimum Gasteiger partial charge on any atom is -0.494 e. The minimum atomic E-state index is -0.200. The molecule has 0 saturated heterocycles. The van der Waals surface area contributed by atoms with Crippen LogP contribution in [0, 0.1) is 6.92 Å². The zero-order chi connectivity index (χ0) is 14.8. The Morgan fingerprint density at radius 1 is 1.25 bits per heavy atom. The van der Waals surface area contributed by atoms with Gasteiger partial charge in [0.05, 0.1) is 6.61 Å². The fourth-order valence-electron chi connectivity index (χ4n) is 1.72. The van der Waals surface area contributed by atoms with Gasteiger partial charge in [-0.15, -0.1) is 0 Å². The van der Waals surface area contributed by atoms with E-state index in [9.17, 15) is 4.79 Å². The van der Waals surface area contributed by atoms with Crippen LogP contribution in [0.15, 0.2) is 18.2 Å². The second kappa shape index (κ2) is 9.20. The van der Waals surface area contributed by atoms with Crippen LogP contribution in [0.3, 0.4) is 0 Å². The number of anilines is 1. The monoisotopic (exact) mass is 280 g/mol. The lowest BCUT2D eigenvalue weighted by Gasteiger charge is -2.11. The third-order valence-corrected chi connectivity index (χ3v) is 2.71. The van der Waals surface area contributed by atoms with Gasteiger partial charge in [-0.1, -0.05) is 0 Å². The number of benzene rings is 1. The standard InChI is InChI=1S/C15H24N2O3/c1-4-19-10-6-9-16-15(18)17-14-8-7-13(20-5-2)11-12(14)3/h7-8,11H,4-6,9-10H2,1-3H3,(H2,16,17,18). The fraction of sp³-hybridized carbons (Fsp3) is 0.533. The summed E-state index contributed by atoms with van der Waals surface area (Å²) in [6.07, 6.45) is 0.809. The number of urea groups is 1. The molecule has 2 amide bonds. The summed E-state index contributed by atoms with van der Waals surface area (Å²) in [4.78, 5) is 11.7. The smallest absolute Gasteiger partial charge is 0.319 e. The molecule has 20 heavy (non-hydrogen) atoms. The van der Waals surface area contributed by atoms with Crippen molar-refractivity contribution in [2.24, 2.45) is 0 Å². The molecule has 0 aliphatic heterocycles. The number of nitrogens with one attached hydrogen (secondary N) is 2. The topological polar surface area (TPSA) is 59.6 Å². The van der Waals surface area contributed by atoms with E-state index in [4.69, 9.17) is 9.47 Å². The van der Waals surface area contributed by atoms with Crippen molar-refractivity contribution in [3.63, 3.8) is 0 Å². The summed E-state index contributed by atoms with van der Waals surface area (Å²) in [5, 5.41) is 5.62. The number of aryl methyl sites for hydroxylation is 1. The molecule has 0 aliphatic carbocycles. The van der Waals surface area contributed by atoms with Gasteiger partial charge < -0.3 is 20.1 Å². The van der Waals surface area contributed by atoms with Crippen molar-refractivity contribution in [3.05, 3.63) is 23.8 Å². The van der Waals surface area contributed by atoms with Crippen molar-refractivity contribution in [2.45, 2.75) is 27.2 Å². The van der Waals surface area contributed by atoms with Gasteiger partial charge in [-0.2, -0.15) is 0 Å². The Morgan fingerprint density at radius 3 is 2.70 bits per heavy atom. The van der Waals surface area contributed by atoms with E-state index in [-0.39, 0.29) is 6.03 Å². The Hall–Kier alpha value is -1.75. The van der Waals surface area contributed by atoms with E-state index < -0.39 is 0 Å². The number of amides is 2. The lowest BCUT2D eigenvalue weighted by atomic mass is 10.2. The Bertz CT molecular complexity index is 422. The first-order valence-electron chi connectivity index (χ1n) is 7.03. The average molecular weight is 280 g/mol. The molecule has 1 aromatic carbocycles. The lowest BCUT2D eigenvalue weighted by molar-refractivity contribution is 0.145. The highest BCUT2D eigenvalue weighted by molar-refractivity contribution is 5.90. The molecule has 0 saturated carbocycles. The van der Waals surface area contributed by atoms with Gasteiger partial charge in [0.25, 0.3) is 0 Å². The SMILES string of the molecule is CCOCCCNC(=O)Nc1ccc(OCC)cc1C. The van der Waals surface area contributed by atoms with Crippen LogP contribution < -0.4 is 15.4 Å². The Kier molecular flexibility index (Phi) is 7.50. The number of carbonyl (C=O) groups excluding carboxylic acids is 1. The van der Waals surface area contributed by atoms with Crippen LogP contribution in [0.5, 0.6) is 5.75 Å². The maximum absolute atomic E-state index is 11.7. The van der Waals surface area contributed by atoms with Crippen molar-refractivity contribution in [1.29, 1.82) is 0 Å². The van der Waals surface area contributed by atoms with Crippen molar-refractivity contribution < 1.29 is 14.3 Å². The summed E-state index contributed by atoms with van der Waals surface area (Å²) in [5.41, 5.74) is 1.76. The third-order valence-electron chi connectivity index (χ3n) is 2.71. The first-order valence-corrected chi connectivity index (χ1v) is 7.03. The minimum absolute atomic E-state index is 0.200. The molecule has 5 heteroatoms. The van der Waals surface area contributed by atoms with Gasteiger partial charge in [0.1, 0.15) is 5.75 Å². The van der Waals surface area contributed by atoms with Gasteiger partial charge in [-0.05, 0) is 51.0 Å². The zero-order valence-corrected chi connectivity index (χ0v) is 12.5. The third kappa shape index (κ3) is 5.93. The van der Waals surface area contributed by atoms with Crippen molar-refractivity contribution in [2.75, 3.05) is 31.7 Å². The quantitative estimate of drug-likeness (QED) is 0.720. The van der Waals surface area contributed by atoms with Gasteiger partial charge in [-0.25, -0.2) is 4.79 Å². The molecule has 0 bridgehead atoms. The predicted molar refractivity (Wildman–Crippen MR) is 80.5 cm³/mol. The predicted octanol–water partition coefficient (Wildman–Crippen LogP) is 2.94. The number of hydrogen-bond donors (Lipinski definition) is 2. The first kappa shape index (κ1) is 16.3. The summed E-state index contributed by atoms with van der Waals surface area (Å²) >= 11 is 0. The van der Waals surface area contributed by atoms with Crippen LogP contribution in [0.25, 0.3) is 0 Å². The molecule has 0 fully saturated rings. The summed E-state index contributed by atoms with van der Waals surface area (Å²) in [5.74, 6) is 0.813. The normalized spacial score (nSPS) is 10.2. The highest BCUT2D eigenvalue weighted by atomic mass is 16.5. The number of rotatable bonds is 8. The van der Waals surface area contributed by atoms with Crippen LogP contribution in [-0.2, 0) is 4.74 Å². The second-order valence-electron chi connectivity index (χ2n) is 4.34. The Balaban J connectivity index is 2.38. The van der Waals surface area contributed by atoms with Gasteiger partial charge in [0.15, 0.2) is 0 Å². The molecule has 5 nitrogen and oxygen atoms in total. The Morgan fingerprint density at radius 2 is 2.05 bits per heavy atom. The summed E-state index contributed by atoms with van der Waals surface area (Å²) < 4.78 is 10.6. The van der Waals surface area contributed by atoms with E-state index in [1.807, 2.05) is 39.0 Å². The van der Waals surface area contributed by atoms with Gasteiger partial charge in [-0.3, -0.25) is 0 Å². The average Bonchev–Trinajstić information content (AvgIpc) is 2.42. The molecule has 0 spiro atoms. The molecular weight excluding hydrogens is 256 g/mol. The number of hydrogen-bond acceptors (Lipinski definition) is 3. The molecule has 0 atom stereocenters. The maximum atomic E-state index is 11.7. The summed E-state index contributed by atoms with van der Waals surface area (Å²) in [6, 6.07) is 5.41. The van der Waals surface area contributed by atoms with E-state index in [0.29, 0.717) is 26.4 Å². The van der Waals surface area contributed by atoms with Crippen LogP contribution in [0.1, 0.15) is 25.8 Å². The molecular formula is C15H24N2O3. The van der Waals surface area contributed by atoms with Crippen molar-refractivity contribution in [1.82, 2.24) is 5.32 Å². The van der Waals surface area contributed by atoms with Crippen molar-refractivity contribution >= 4 is 11.7 Å². The molecule has 0 aromatic heterocycles. The second-order valence-corrected chi connectivity index (χ2v) is 4.34. The van der Waals surface area contributed by atoms with Crippen LogP contribution in [0.4, 0.5) is 10.5 Å². The molecule has 0 unspecified atom stereocenters. The molecule has 1 aromatic rings. The molecule has 0 heterocycles. The zero-order valence-electron chi connectivity index (χ0n) is 12.5. The molecule has 2 N–H and O–H groups in total. The van der Waals surface area contributed by atoms with E-state index >= 15 is 0 Å². The molecule has 0 radical (unpaired) electrons. The number of carbonyl (C=O) groups is 1. The number of ether oxygens (including phenoxy) is 2. The largest absolute Gasteiger partial charge is 0.494 e.